The summed E-state index contributed by atoms with van der Waals surface area (Å²) in [7, 11) is 0. The standard InChI is InChI=1S/C10H16O4/c1-4-7-8(5-6-9(11)12)14-10(2,3)13-7/h4,7-8H,1,5-6H2,2-3H3,(H,11,12). The average Bonchev–Trinajstić information content (AvgIpc) is 2.37. The van der Waals surface area contributed by atoms with E-state index in [1.54, 1.807) is 6.08 Å². The molecule has 4 nitrogen and oxygen atoms in total. The number of carboxylic acids is 1. The molecule has 0 radical (unpaired) electrons. The molecule has 0 amide bonds. The lowest BCUT2D eigenvalue weighted by molar-refractivity contribution is -0.147. The molecule has 2 atom stereocenters. The lowest BCUT2D eigenvalue weighted by Gasteiger charge is -2.16. The van der Waals surface area contributed by atoms with Crippen LogP contribution in [0.25, 0.3) is 0 Å². The van der Waals surface area contributed by atoms with Crippen LogP contribution in [-0.4, -0.2) is 29.1 Å². The van der Waals surface area contributed by atoms with Crippen LogP contribution in [0.2, 0.25) is 0 Å². The van der Waals surface area contributed by atoms with Crippen molar-refractivity contribution in [2.75, 3.05) is 0 Å². The molecule has 0 bridgehead atoms. The first-order valence-corrected chi connectivity index (χ1v) is 4.64. The molecule has 80 valence electrons. The Morgan fingerprint density at radius 3 is 2.71 bits per heavy atom. The van der Waals surface area contributed by atoms with Gasteiger partial charge in [0.15, 0.2) is 5.79 Å². The van der Waals surface area contributed by atoms with Gasteiger partial charge in [0.1, 0.15) is 6.10 Å². The van der Waals surface area contributed by atoms with Crippen LogP contribution >= 0.6 is 0 Å². The summed E-state index contributed by atoms with van der Waals surface area (Å²) in [5, 5.41) is 8.54. The molecule has 0 saturated carbocycles. The Kier molecular flexibility index (Phi) is 3.29. The van der Waals surface area contributed by atoms with E-state index in [4.69, 9.17) is 14.6 Å². The predicted octanol–water partition coefficient (Wildman–Crippen LogP) is 1.56. The van der Waals surface area contributed by atoms with Gasteiger partial charge >= 0.3 is 5.97 Å². The molecule has 0 aromatic carbocycles. The lowest BCUT2D eigenvalue weighted by atomic mass is 10.1. The number of hydrogen-bond donors (Lipinski definition) is 1. The molecule has 0 aromatic rings. The van der Waals surface area contributed by atoms with Crippen molar-refractivity contribution in [2.45, 2.75) is 44.7 Å². The second-order valence-electron chi connectivity index (χ2n) is 3.81. The number of ether oxygens (including phenoxy) is 2. The molecule has 2 unspecified atom stereocenters. The molecule has 14 heavy (non-hydrogen) atoms. The van der Waals surface area contributed by atoms with E-state index in [2.05, 4.69) is 6.58 Å². The Morgan fingerprint density at radius 1 is 1.57 bits per heavy atom. The minimum absolute atomic E-state index is 0.0917. The van der Waals surface area contributed by atoms with Crippen molar-refractivity contribution in [2.24, 2.45) is 0 Å². The van der Waals surface area contributed by atoms with Crippen molar-refractivity contribution in [1.82, 2.24) is 0 Å². The quantitative estimate of drug-likeness (QED) is 0.700. The summed E-state index contributed by atoms with van der Waals surface area (Å²) >= 11 is 0. The van der Waals surface area contributed by atoms with Gasteiger partial charge in [-0.25, -0.2) is 0 Å². The van der Waals surface area contributed by atoms with Gasteiger partial charge < -0.3 is 14.6 Å². The van der Waals surface area contributed by atoms with Gasteiger partial charge in [0, 0.05) is 6.42 Å². The van der Waals surface area contributed by atoms with Gasteiger partial charge in [-0.1, -0.05) is 6.08 Å². The second-order valence-corrected chi connectivity index (χ2v) is 3.81. The van der Waals surface area contributed by atoms with E-state index in [1.165, 1.54) is 0 Å². The molecule has 1 heterocycles. The number of aliphatic carboxylic acids is 1. The van der Waals surface area contributed by atoms with Crippen molar-refractivity contribution >= 4 is 5.97 Å². The predicted molar refractivity (Wildman–Crippen MR) is 50.9 cm³/mol. The molecule has 1 fully saturated rings. The van der Waals surface area contributed by atoms with Crippen LogP contribution in [0, 0.1) is 0 Å². The smallest absolute Gasteiger partial charge is 0.303 e. The first-order chi connectivity index (χ1) is 6.44. The third kappa shape index (κ3) is 2.82. The van der Waals surface area contributed by atoms with E-state index in [-0.39, 0.29) is 18.6 Å². The fraction of sp³-hybridized carbons (Fsp3) is 0.700. The molecule has 1 rings (SSSR count). The highest BCUT2D eigenvalue weighted by atomic mass is 16.7. The molecule has 0 aromatic heterocycles. The maximum atomic E-state index is 10.4. The number of rotatable bonds is 4. The van der Waals surface area contributed by atoms with Gasteiger partial charge in [-0.05, 0) is 20.3 Å². The topological polar surface area (TPSA) is 55.8 Å². The normalized spacial score (nSPS) is 30.1. The maximum Gasteiger partial charge on any atom is 0.303 e. The zero-order valence-electron chi connectivity index (χ0n) is 8.53. The van der Waals surface area contributed by atoms with E-state index < -0.39 is 11.8 Å². The second kappa shape index (κ2) is 4.11. The Balaban J connectivity index is 2.51. The molecule has 1 aliphatic rings. The van der Waals surface area contributed by atoms with E-state index in [9.17, 15) is 4.79 Å². The summed E-state index contributed by atoms with van der Waals surface area (Å²) in [5.41, 5.74) is 0. The molecule has 1 N–H and O–H groups in total. The van der Waals surface area contributed by atoms with Gasteiger partial charge in [-0.2, -0.15) is 0 Å². The van der Waals surface area contributed by atoms with Crippen molar-refractivity contribution in [3.63, 3.8) is 0 Å². The summed E-state index contributed by atoms with van der Waals surface area (Å²) < 4.78 is 11.1. The Hall–Kier alpha value is -0.870. The van der Waals surface area contributed by atoms with E-state index in [1.807, 2.05) is 13.8 Å². The molecule has 4 heteroatoms. The third-order valence-corrected chi connectivity index (χ3v) is 2.10. The molecule has 0 spiro atoms. The monoisotopic (exact) mass is 200 g/mol. The molecule has 1 aliphatic heterocycles. The van der Waals surface area contributed by atoms with Crippen molar-refractivity contribution in [3.05, 3.63) is 12.7 Å². The van der Waals surface area contributed by atoms with Gasteiger partial charge in [-0.15, -0.1) is 6.58 Å². The largest absolute Gasteiger partial charge is 0.481 e. The molecule has 0 aliphatic carbocycles. The molecular weight excluding hydrogens is 184 g/mol. The number of carboxylic acid groups (broad SMARTS) is 1. The summed E-state index contributed by atoms with van der Waals surface area (Å²) in [5.74, 6) is -1.46. The van der Waals surface area contributed by atoms with Crippen LogP contribution in [-0.2, 0) is 14.3 Å². The molecular formula is C10H16O4. The van der Waals surface area contributed by atoms with Gasteiger partial charge in [-0.3, -0.25) is 4.79 Å². The SMILES string of the molecule is C=CC1OC(C)(C)OC1CCC(=O)O. The Morgan fingerprint density at radius 2 is 2.21 bits per heavy atom. The van der Waals surface area contributed by atoms with Gasteiger partial charge in [0.05, 0.1) is 6.10 Å². The summed E-state index contributed by atoms with van der Waals surface area (Å²) in [6.45, 7) is 7.25. The Bertz CT molecular complexity index is 234. The van der Waals surface area contributed by atoms with Crippen molar-refractivity contribution < 1.29 is 19.4 Å². The third-order valence-electron chi connectivity index (χ3n) is 2.10. The minimum atomic E-state index is -0.818. The summed E-state index contributed by atoms with van der Waals surface area (Å²) in [6, 6.07) is 0. The number of carbonyl (C=O) groups is 1. The van der Waals surface area contributed by atoms with E-state index in [0.717, 1.165) is 0 Å². The fourth-order valence-corrected chi connectivity index (χ4v) is 1.55. The van der Waals surface area contributed by atoms with Crippen LogP contribution in [0.3, 0.4) is 0 Å². The first-order valence-electron chi connectivity index (χ1n) is 4.64. The zero-order valence-corrected chi connectivity index (χ0v) is 8.53. The highest BCUT2D eigenvalue weighted by Crippen LogP contribution is 2.30. The van der Waals surface area contributed by atoms with Crippen molar-refractivity contribution in [3.8, 4) is 0 Å². The van der Waals surface area contributed by atoms with Crippen LogP contribution < -0.4 is 0 Å². The highest BCUT2D eigenvalue weighted by Gasteiger charge is 2.39. The Labute approximate surface area is 83.5 Å². The number of hydrogen-bond acceptors (Lipinski definition) is 3. The minimum Gasteiger partial charge on any atom is -0.481 e. The molecule has 1 saturated heterocycles. The first kappa shape index (κ1) is 11.2. The van der Waals surface area contributed by atoms with Crippen LogP contribution in [0.15, 0.2) is 12.7 Å². The van der Waals surface area contributed by atoms with Gasteiger partial charge in [0.2, 0.25) is 0 Å². The van der Waals surface area contributed by atoms with Crippen LogP contribution in [0.5, 0.6) is 0 Å². The van der Waals surface area contributed by atoms with Gasteiger partial charge in [0.25, 0.3) is 0 Å². The summed E-state index contributed by atoms with van der Waals surface area (Å²) in [6.07, 6.45) is 1.80. The lowest BCUT2D eigenvalue weighted by Crippen LogP contribution is -2.22. The van der Waals surface area contributed by atoms with Crippen LogP contribution in [0.1, 0.15) is 26.7 Å². The zero-order chi connectivity index (χ0) is 10.8. The van der Waals surface area contributed by atoms with E-state index in [0.29, 0.717) is 6.42 Å². The average molecular weight is 200 g/mol. The van der Waals surface area contributed by atoms with Crippen molar-refractivity contribution in [1.29, 1.82) is 0 Å². The van der Waals surface area contributed by atoms with Crippen LogP contribution in [0.4, 0.5) is 0 Å². The summed E-state index contributed by atoms with van der Waals surface area (Å²) in [4.78, 5) is 10.4. The van der Waals surface area contributed by atoms with E-state index >= 15 is 0 Å². The highest BCUT2D eigenvalue weighted by molar-refractivity contribution is 5.66. The fourth-order valence-electron chi connectivity index (χ4n) is 1.55. The maximum absolute atomic E-state index is 10.4.